The van der Waals surface area contributed by atoms with Gasteiger partial charge in [0.2, 0.25) is 0 Å². The first kappa shape index (κ1) is 17.7. The summed E-state index contributed by atoms with van der Waals surface area (Å²) in [6.45, 7) is 0.973. The molecule has 2 amide bonds. The Morgan fingerprint density at radius 3 is 2.63 bits per heavy atom. The van der Waals surface area contributed by atoms with Crippen LogP contribution in [0.25, 0.3) is 0 Å². The summed E-state index contributed by atoms with van der Waals surface area (Å²) in [5, 5.41) is 0.614. The van der Waals surface area contributed by atoms with E-state index in [4.69, 9.17) is 16.3 Å². The summed E-state index contributed by atoms with van der Waals surface area (Å²) in [5.74, 6) is -0.639. The van der Waals surface area contributed by atoms with E-state index in [9.17, 15) is 9.59 Å². The minimum atomic E-state index is -0.759. The highest BCUT2D eigenvalue weighted by Gasteiger charge is 2.41. The number of carbonyl (C=O) groups excluding carboxylic acids is 2. The van der Waals surface area contributed by atoms with Gasteiger partial charge in [0.25, 0.3) is 11.8 Å². The number of allylic oxidation sites excluding steroid dienone is 3. The molecule has 1 saturated heterocycles. The molecule has 1 aromatic rings. The van der Waals surface area contributed by atoms with Crippen LogP contribution < -0.4 is 0 Å². The Bertz CT molecular complexity index is 949. The molecule has 0 aromatic heterocycles. The smallest absolute Gasteiger partial charge is 0.280 e. The molecule has 7 heteroatoms. The Morgan fingerprint density at radius 2 is 1.89 bits per heavy atom. The first-order chi connectivity index (χ1) is 13.1. The van der Waals surface area contributed by atoms with Crippen LogP contribution in [0.5, 0.6) is 0 Å². The third kappa shape index (κ3) is 3.34. The number of hydrogen-bond donors (Lipinski definition) is 0. The van der Waals surface area contributed by atoms with Crippen LogP contribution in [0.2, 0.25) is 5.02 Å². The van der Waals surface area contributed by atoms with Gasteiger partial charge < -0.3 is 4.74 Å². The van der Waals surface area contributed by atoms with E-state index in [1.54, 1.807) is 30.4 Å². The minimum Gasteiger partial charge on any atom is -0.381 e. The number of nitrogens with zero attached hydrogens (tertiary/aromatic N) is 3. The number of rotatable bonds is 2. The van der Waals surface area contributed by atoms with Crippen molar-refractivity contribution in [2.24, 2.45) is 15.0 Å². The monoisotopic (exact) mass is 381 g/mol. The third-order valence-corrected chi connectivity index (χ3v) is 5.22. The van der Waals surface area contributed by atoms with E-state index >= 15 is 0 Å². The van der Waals surface area contributed by atoms with Crippen LogP contribution in [0.15, 0.2) is 63.0 Å². The lowest BCUT2D eigenvalue weighted by Gasteiger charge is -2.34. The van der Waals surface area contributed by atoms with Gasteiger partial charge in [0.05, 0.1) is 22.4 Å². The summed E-state index contributed by atoms with van der Waals surface area (Å²) in [6.07, 6.45) is 7.22. The molecular weight excluding hydrogens is 366 g/mol. The van der Waals surface area contributed by atoms with Gasteiger partial charge in [0.15, 0.2) is 0 Å². The maximum Gasteiger partial charge on any atom is 0.280 e. The molecule has 0 N–H and O–H groups in total. The summed E-state index contributed by atoms with van der Waals surface area (Å²) in [5.41, 5.74) is 1.40. The standard InChI is InChI=1S/C20H16ClN3O3/c21-14-3-1-13(2-4-14)20(7-9-27-10-8-20)19(26)24-15-5-6-17-16(11-15)18(25)23-12-22-17/h1-6,11-12H,7-10H2. The number of fused-ring (bicyclic) bond motifs is 1. The van der Waals surface area contributed by atoms with E-state index in [2.05, 4.69) is 15.0 Å². The molecule has 136 valence electrons. The van der Waals surface area contributed by atoms with Crippen molar-refractivity contribution in [2.45, 2.75) is 18.3 Å². The van der Waals surface area contributed by atoms with Crippen molar-refractivity contribution >= 4 is 41.2 Å². The molecule has 0 spiro atoms. The van der Waals surface area contributed by atoms with E-state index in [-0.39, 0.29) is 11.8 Å². The fourth-order valence-electron chi connectivity index (χ4n) is 3.43. The molecule has 27 heavy (non-hydrogen) atoms. The molecule has 0 saturated carbocycles. The Labute approximate surface area is 161 Å². The Hall–Kier alpha value is -2.70. The van der Waals surface area contributed by atoms with Crippen LogP contribution in [-0.2, 0) is 19.7 Å². The molecule has 1 fully saturated rings. The van der Waals surface area contributed by atoms with Crippen molar-refractivity contribution in [3.05, 3.63) is 58.7 Å². The minimum absolute atomic E-state index is 0.253. The lowest BCUT2D eigenvalue weighted by Crippen LogP contribution is -2.41. The third-order valence-electron chi connectivity index (χ3n) is 4.97. The van der Waals surface area contributed by atoms with Gasteiger partial charge in [-0.05, 0) is 48.8 Å². The van der Waals surface area contributed by atoms with Gasteiger partial charge in [-0.15, -0.1) is 0 Å². The second kappa shape index (κ2) is 7.13. The number of benzene rings is 1. The van der Waals surface area contributed by atoms with Crippen LogP contribution in [0.1, 0.15) is 18.4 Å². The fourth-order valence-corrected chi connectivity index (χ4v) is 3.56. The molecule has 0 radical (unpaired) electrons. The van der Waals surface area contributed by atoms with Crippen molar-refractivity contribution < 1.29 is 14.3 Å². The first-order valence-electron chi connectivity index (χ1n) is 8.60. The van der Waals surface area contributed by atoms with Crippen LogP contribution in [0, 0.1) is 0 Å². The summed E-state index contributed by atoms with van der Waals surface area (Å²) >= 11 is 6.00. The van der Waals surface area contributed by atoms with Crippen LogP contribution >= 0.6 is 11.6 Å². The van der Waals surface area contributed by atoms with E-state index in [1.807, 2.05) is 12.1 Å². The Morgan fingerprint density at radius 1 is 1.15 bits per heavy atom. The van der Waals surface area contributed by atoms with E-state index < -0.39 is 5.41 Å². The number of ether oxygens (including phenoxy) is 1. The summed E-state index contributed by atoms with van der Waals surface area (Å²) in [6, 6.07) is 7.28. The second-order valence-corrected chi connectivity index (χ2v) is 6.94. The number of aliphatic imine (C=N–C) groups is 3. The predicted octanol–water partition coefficient (Wildman–Crippen LogP) is 2.86. The second-order valence-electron chi connectivity index (χ2n) is 6.50. The molecule has 3 aliphatic rings. The molecule has 4 rings (SSSR count). The molecular formula is C20H16ClN3O3. The zero-order valence-electron chi connectivity index (χ0n) is 14.4. The van der Waals surface area contributed by atoms with Crippen LogP contribution in [0.4, 0.5) is 0 Å². The molecule has 1 aromatic carbocycles. The molecule has 0 bridgehead atoms. The summed E-state index contributed by atoms with van der Waals surface area (Å²) < 4.78 is 5.47. The number of halogens is 1. The quantitative estimate of drug-likeness (QED) is 0.739. The van der Waals surface area contributed by atoms with Crippen molar-refractivity contribution in [3.8, 4) is 0 Å². The number of amides is 2. The SMILES string of the molecule is O=C1N=CN=C2C=CC(=NC(=O)C3(c4ccc(Cl)cc4)CCOCC3)C=C12. The zero-order chi connectivity index (χ0) is 18.9. The highest BCUT2D eigenvalue weighted by molar-refractivity contribution is 6.36. The van der Waals surface area contributed by atoms with Gasteiger partial charge in [0.1, 0.15) is 6.34 Å². The summed E-state index contributed by atoms with van der Waals surface area (Å²) in [7, 11) is 0. The zero-order valence-corrected chi connectivity index (χ0v) is 15.1. The maximum atomic E-state index is 13.2. The van der Waals surface area contributed by atoms with Crippen molar-refractivity contribution in [3.63, 3.8) is 0 Å². The van der Waals surface area contributed by atoms with Crippen LogP contribution in [0.3, 0.4) is 0 Å². The van der Waals surface area contributed by atoms with E-state index in [0.717, 1.165) is 5.56 Å². The molecule has 2 heterocycles. The molecule has 2 aliphatic heterocycles. The normalized spacial score (nSPS) is 22.3. The van der Waals surface area contributed by atoms with Crippen LogP contribution in [-0.4, -0.2) is 42.8 Å². The van der Waals surface area contributed by atoms with Crippen molar-refractivity contribution in [2.75, 3.05) is 13.2 Å². The summed E-state index contributed by atoms with van der Waals surface area (Å²) in [4.78, 5) is 37.2. The van der Waals surface area contributed by atoms with Crippen molar-refractivity contribution in [1.82, 2.24) is 0 Å². The molecule has 0 unspecified atom stereocenters. The molecule has 0 atom stereocenters. The Kier molecular flexibility index (Phi) is 4.68. The topological polar surface area (TPSA) is 80.5 Å². The largest absolute Gasteiger partial charge is 0.381 e. The van der Waals surface area contributed by atoms with E-state index in [1.165, 1.54) is 6.34 Å². The first-order valence-corrected chi connectivity index (χ1v) is 8.98. The fraction of sp³-hybridized carbons (Fsp3) is 0.250. The van der Waals surface area contributed by atoms with Gasteiger partial charge >= 0.3 is 0 Å². The molecule has 1 aliphatic carbocycles. The highest BCUT2D eigenvalue weighted by atomic mass is 35.5. The molecule has 6 nitrogen and oxygen atoms in total. The Balaban J connectivity index is 1.70. The van der Waals surface area contributed by atoms with Gasteiger partial charge in [-0.1, -0.05) is 23.7 Å². The van der Waals surface area contributed by atoms with Gasteiger partial charge in [-0.3, -0.25) is 9.59 Å². The van der Waals surface area contributed by atoms with Gasteiger partial charge in [0, 0.05) is 18.2 Å². The number of hydrogen-bond acceptors (Lipinski definition) is 4. The predicted molar refractivity (Wildman–Crippen MR) is 104 cm³/mol. The average molecular weight is 382 g/mol. The van der Waals surface area contributed by atoms with Gasteiger partial charge in [-0.2, -0.15) is 4.99 Å². The maximum absolute atomic E-state index is 13.2. The number of carbonyl (C=O) groups is 2. The van der Waals surface area contributed by atoms with Crippen molar-refractivity contribution in [1.29, 1.82) is 0 Å². The van der Waals surface area contributed by atoms with Gasteiger partial charge in [-0.25, -0.2) is 9.98 Å². The lowest BCUT2D eigenvalue weighted by molar-refractivity contribution is -0.126. The average Bonchev–Trinajstić information content (AvgIpc) is 2.69. The van der Waals surface area contributed by atoms with E-state index in [0.29, 0.717) is 48.1 Å². The lowest BCUT2D eigenvalue weighted by atomic mass is 9.73. The highest BCUT2D eigenvalue weighted by Crippen LogP contribution is 2.37.